The molecule has 0 radical (unpaired) electrons. The van der Waals surface area contributed by atoms with E-state index in [9.17, 15) is 9.18 Å². The third-order valence-corrected chi connectivity index (χ3v) is 4.44. The van der Waals surface area contributed by atoms with Crippen molar-refractivity contribution in [3.05, 3.63) is 34.5 Å². The topological polar surface area (TPSA) is 37.8 Å². The van der Waals surface area contributed by atoms with Gasteiger partial charge in [-0.1, -0.05) is 6.07 Å². The molecule has 1 unspecified atom stereocenters. The molecular formula is C12H13FN2OS. The molecule has 0 aliphatic carbocycles. The molecule has 0 bridgehead atoms. The highest BCUT2D eigenvalue weighted by Gasteiger charge is 2.19. The van der Waals surface area contributed by atoms with Gasteiger partial charge in [0.05, 0.1) is 5.52 Å². The second-order valence-corrected chi connectivity index (χ2v) is 5.56. The molecule has 0 spiro atoms. The standard InChI is InChI=1S/C12H13FN2OS/c13-9-2-1-3-10-11(9)15(12(16)14-10)6-8-4-5-17-7-8/h1-3,8H,4-7H2,(H,14,16). The predicted octanol–water partition coefficient (Wildman–Crippen LogP) is 2.22. The number of hydrogen-bond donors (Lipinski definition) is 1. The van der Waals surface area contributed by atoms with Crippen LogP contribution in [-0.2, 0) is 6.54 Å². The first kappa shape index (κ1) is 10.9. The summed E-state index contributed by atoms with van der Waals surface area (Å²) in [5.74, 6) is 2.36. The van der Waals surface area contributed by atoms with Crippen LogP contribution in [0, 0.1) is 11.7 Å². The number of rotatable bonds is 2. The van der Waals surface area contributed by atoms with E-state index in [-0.39, 0.29) is 11.5 Å². The van der Waals surface area contributed by atoms with Gasteiger partial charge in [0.2, 0.25) is 0 Å². The summed E-state index contributed by atoms with van der Waals surface area (Å²) < 4.78 is 15.3. The van der Waals surface area contributed by atoms with Gasteiger partial charge in [0.25, 0.3) is 0 Å². The van der Waals surface area contributed by atoms with E-state index < -0.39 is 0 Å². The predicted molar refractivity (Wildman–Crippen MR) is 67.9 cm³/mol. The van der Waals surface area contributed by atoms with E-state index in [4.69, 9.17) is 0 Å². The van der Waals surface area contributed by atoms with Crippen LogP contribution in [0.3, 0.4) is 0 Å². The fraction of sp³-hybridized carbons (Fsp3) is 0.417. The third-order valence-electron chi connectivity index (χ3n) is 3.21. The zero-order chi connectivity index (χ0) is 11.8. The number of aromatic nitrogens is 2. The lowest BCUT2D eigenvalue weighted by Gasteiger charge is -2.09. The Morgan fingerprint density at radius 3 is 3.18 bits per heavy atom. The molecule has 2 aromatic rings. The summed E-state index contributed by atoms with van der Waals surface area (Å²) in [5, 5.41) is 0. The first-order chi connectivity index (χ1) is 8.25. The average Bonchev–Trinajstić information content (AvgIpc) is 2.89. The quantitative estimate of drug-likeness (QED) is 0.890. The summed E-state index contributed by atoms with van der Waals surface area (Å²) in [7, 11) is 0. The van der Waals surface area contributed by atoms with E-state index in [1.165, 1.54) is 6.07 Å². The zero-order valence-corrected chi connectivity index (χ0v) is 10.1. The second-order valence-electron chi connectivity index (χ2n) is 4.41. The molecule has 3 rings (SSSR count). The van der Waals surface area contributed by atoms with Gasteiger partial charge in [-0.2, -0.15) is 11.8 Å². The van der Waals surface area contributed by atoms with E-state index in [1.54, 1.807) is 16.7 Å². The highest BCUT2D eigenvalue weighted by molar-refractivity contribution is 7.99. The molecule has 90 valence electrons. The number of nitrogens with one attached hydrogen (secondary N) is 1. The molecule has 0 amide bonds. The van der Waals surface area contributed by atoms with Gasteiger partial charge in [-0.3, -0.25) is 4.57 Å². The molecule has 2 heterocycles. The maximum absolute atomic E-state index is 13.7. The number of imidazole rings is 1. The minimum Gasteiger partial charge on any atom is -0.305 e. The first-order valence-corrected chi connectivity index (χ1v) is 6.86. The number of benzene rings is 1. The smallest absolute Gasteiger partial charge is 0.305 e. The molecular weight excluding hydrogens is 239 g/mol. The van der Waals surface area contributed by atoms with Gasteiger partial charge in [0.1, 0.15) is 11.3 Å². The van der Waals surface area contributed by atoms with Gasteiger partial charge >= 0.3 is 5.69 Å². The molecule has 5 heteroatoms. The third kappa shape index (κ3) is 1.88. The van der Waals surface area contributed by atoms with Crippen LogP contribution >= 0.6 is 11.8 Å². The Bertz CT molecular complexity index is 598. The fourth-order valence-electron chi connectivity index (χ4n) is 2.33. The molecule has 1 aliphatic rings. The van der Waals surface area contributed by atoms with Crippen LogP contribution in [0.2, 0.25) is 0 Å². The van der Waals surface area contributed by atoms with Crippen molar-refractivity contribution in [1.29, 1.82) is 0 Å². The normalized spacial score (nSPS) is 20.2. The highest BCUT2D eigenvalue weighted by Crippen LogP contribution is 2.25. The summed E-state index contributed by atoms with van der Waals surface area (Å²) in [5.41, 5.74) is 0.789. The van der Waals surface area contributed by atoms with Crippen LogP contribution in [-0.4, -0.2) is 21.1 Å². The number of aromatic amines is 1. The minimum atomic E-state index is -0.327. The van der Waals surface area contributed by atoms with Crippen LogP contribution in [0.25, 0.3) is 11.0 Å². The summed E-state index contributed by atoms with van der Waals surface area (Å²) >= 11 is 1.90. The van der Waals surface area contributed by atoms with Gasteiger partial charge in [0.15, 0.2) is 0 Å². The SMILES string of the molecule is O=c1[nH]c2cccc(F)c2n1CC1CCSC1. The molecule has 1 saturated heterocycles. The fourth-order valence-corrected chi connectivity index (χ4v) is 3.61. The average molecular weight is 252 g/mol. The number of halogens is 1. The number of thioether (sulfide) groups is 1. The van der Waals surface area contributed by atoms with Crippen molar-refractivity contribution >= 4 is 22.8 Å². The van der Waals surface area contributed by atoms with Crippen LogP contribution in [0.5, 0.6) is 0 Å². The Hall–Kier alpha value is -1.23. The van der Waals surface area contributed by atoms with E-state index >= 15 is 0 Å². The molecule has 1 fully saturated rings. The lowest BCUT2D eigenvalue weighted by Crippen LogP contribution is -2.21. The van der Waals surface area contributed by atoms with Crippen molar-refractivity contribution in [2.45, 2.75) is 13.0 Å². The maximum atomic E-state index is 13.7. The van der Waals surface area contributed by atoms with Crippen molar-refractivity contribution in [3.8, 4) is 0 Å². The Labute approximate surface area is 102 Å². The lowest BCUT2D eigenvalue weighted by atomic mass is 10.1. The summed E-state index contributed by atoms with van der Waals surface area (Å²) in [4.78, 5) is 14.5. The van der Waals surface area contributed by atoms with E-state index in [2.05, 4.69) is 4.98 Å². The molecule has 1 atom stereocenters. The molecule has 3 nitrogen and oxygen atoms in total. The number of para-hydroxylation sites is 1. The van der Waals surface area contributed by atoms with Crippen molar-refractivity contribution in [3.63, 3.8) is 0 Å². The summed E-state index contributed by atoms with van der Waals surface area (Å²) in [6.07, 6.45) is 1.11. The van der Waals surface area contributed by atoms with Crippen LogP contribution in [0.15, 0.2) is 23.0 Å². The van der Waals surface area contributed by atoms with Gasteiger partial charge < -0.3 is 4.98 Å². The summed E-state index contributed by atoms with van der Waals surface area (Å²) in [6, 6.07) is 4.75. The molecule has 1 aliphatic heterocycles. The summed E-state index contributed by atoms with van der Waals surface area (Å²) in [6.45, 7) is 0.618. The van der Waals surface area contributed by atoms with Gasteiger partial charge in [-0.25, -0.2) is 9.18 Å². The Kier molecular flexibility index (Phi) is 2.70. The van der Waals surface area contributed by atoms with E-state index in [0.29, 0.717) is 23.5 Å². The molecule has 17 heavy (non-hydrogen) atoms. The second kappa shape index (κ2) is 4.22. The van der Waals surface area contributed by atoms with E-state index in [1.807, 2.05) is 11.8 Å². The minimum absolute atomic E-state index is 0.206. The number of nitrogens with zero attached hydrogens (tertiary/aromatic N) is 1. The molecule has 0 saturated carbocycles. The van der Waals surface area contributed by atoms with Crippen LogP contribution in [0.1, 0.15) is 6.42 Å². The lowest BCUT2D eigenvalue weighted by molar-refractivity contribution is 0.487. The van der Waals surface area contributed by atoms with Gasteiger partial charge in [-0.05, 0) is 36.0 Å². The Morgan fingerprint density at radius 2 is 2.41 bits per heavy atom. The Morgan fingerprint density at radius 1 is 1.53 bits per heavy atom. The largest absolute Gasteiger partial charge is 0.326 e. The van der Waals surface area contributed by atoms with Crippen molar-refractivity contribution in [2.24, 2.45) is 5.92 Å². The van der Waals surface area contributed by atoms with Gasteiger partial charge in [-0.15, -0.1) is 0 Å². The van der Waals surface area contributed by atoms with Crippen molar-refractivity contribution < 1.29 is 4.39 Å². The zero-order valence-electron chi connectivity index (χ0n) is 9.28. The number of hydrogen-bond acceptors (Lipinski definition) is 2. The first-order valence-electron chi connectivity index (χ1n) is 5.70. The van der Waals surface area contributed by atoms with Crippen LogP contribution in [0.4, 0.5) is 4.39 Å². The van der Waals surface area contributed by atoms with Crippen LogP contribution < -0.4 is 5.69 Å². The highest BCUT2D eigenvalue weighted by atomic mass is 32.2. The molecule has 1 aromatic heterocycles. The molecule has 1 aromatic carbocycles. The van der Waals surface area contributed by atoms with E-state index in [0.717, 1.165) is 17.9 Å². The Balaban J connectivity index is 2.08. The monoisotopic (exact) mass is 252 g/mol. The van der Waals surface area contributed by atoms with Crippen molar-refractivity contribution in [2.75, 3.05) is 11.5 Å². The maximum Gasteiger partial charge on any atom is 0.326 e. The number of H-pyrrole nitrogens is 1. The molecule has 1 N–H and O–H groups in total. The van der Waals surface area contributed by atoms with Gasteiger partial charge in [0, 0.05) is 6.54 Å². The van der Waals surface area contributed by atoms with Crippen molar-refractivity contribution in [1.82, 2.24) is 9.55 Å². The number of fused-ring (bicyclic) bond motifs is 1.